The van der Waals surface area contributed by atoms with Crippen LogP contribution in [0.3, 0.4) is 0 Å². The Balaban J connectivity index is 2.09. The van der Waals surface area contributed by atoms with Gasteiger partial charge in [-0.2, -0.15) is 22.6 Å². The summed E-state index contributed by atoms with van der Waals surface area (Å²) in [6, 6.07) is 0.818. The Morgan fingerprint density at radius 2 is 1.85 bits per heavy atom. The third kappa shape index (κ3) is 5.13. The van der Waals surface area contributed by atoms with Crippen molar-refractivity contribution in [3.8, 4) is 0 Å². The molecule has 1 aromatic heterocycles. The Bertz CT molecular complexity index is 1300. The highest BCUT2D eigenvalue weighted by molar-refractivity contribution is 7.91. The van der Waals surface area contributed by atoms with E-state index < -0.39 is 65.7 Å². The largest absolute Gasteiger partial charge is 0.480 e. The van der Waals surface area contributed by atoms with E-state index in [1.807, 2.05) is 0 Å². The van der Waals surface area contributed by atoms with Gasteiger partial charge in [-0.15, -0.1) is 0 Å². The number of sulfonamides is 1. The Kier molecular flexibility index (Phi) is 7.16. The zero-order chi connectivity index (χ0) is 25.5. The maximum absolute atomic E-state index is 13.5. The highest BCUT2D eigenvalue weighted by Gasteiger charge is 2.38. The Labute approximate surface area is 195 Å². The second kappa shape index (κ2) is 9.30. The number of aliphatic carboxylic acids is 1. The molecule has 1 aromatic carbocycles. The molecule has 0 unspecified atom stereocenters. The van der Waals surface area contributed by atoms with E-state index in [1.54, 1.807) is 6.92 Å². The van der Waals surface area contributed by atoms with Crippen molar-refractivity contribution in [2.45, 2.75) is 61.2 Å². The van der Waals surface area contributed by atoms with Crippen molar-refractivity contribution in [1.82, 2.24) is 14.1 Å². The minimum absolute atomic E-state index is 0.145. The third-order valence-electron chi connectivity index (χ3n) is 5.67. The van der Waals surface area contributed by atoms with Crippen molar-refractivity contribution in [3.63, 3.8) is 0 Å². The molecular weight excluding hydrogens is 499 g/mol. The molecule has 1 aliphatic rings. The molecule has 0 radical (unpaired) electrons. The lowest BCUT2D eigenvalue weighted by Crippen LogP contribution is -2.34. The molecule has 14 heteroatoms. The molecule has 0 aliphatic heterocycles. The number of sulfone groups is 1. The van der Waals surface area contributed by atoms with Crippen molar-refractivity contribution in [3.05, 3.63) is 41.2 Å². The number of carbonyl (C=O) groups is 1. The van der Waals surface area contributed by atoms with Gasteiger partial charge in [-0.25, -0.2) is 16.8 Å². The van der Waals surface area contributed by atoms with Crippen LogP contribution in [0, 0.1) is 0 Å². The first-order valence-electron chi connectivity index (χ1n) is 10.4. The summed E-state index contributed by atoms with van der Waals surface area (Å²) in [5.74, 6) is -1.56. The maximum Gasteiger partial charge on any atom is 0.416 e. The number of fused-ring (bicyclic) bond motifs is 1. The topological polar surface area (TPSA) is 127 Å². The van der Waals surface area contributed by atoms with Gasteiger partial charge in [0.05, 0.1) is 33.3 Å². The zero-order valence-corrected chi connectivity index (χ0v) is 20.0. The first kappa shape index (κ1) is 26.2. The number of carboxylic acids is 1. The van der Waals surface area contributed by atoms with E-state index >= 15 is 0 Å². The van der Waals surface area contributed by atoms with E-state index in [4.69, 9.17) is 5.11 Å². The van der Waals surface area contributed by atoms with Crippen LogP contribution in [0.4, 0.5) is 13.2 Å². The van der Waals surface area contributed by atoms with Gasteiger partial charge in [-0.1, -0.05) is 6.92 Å². The SMILES string of the molecule is CCCS(=O)(=O)c1cc(C(F)(F)F)cc(S(=O)(=O)N(C)[C@@H]2CCCc3c2cnn3CC(=O)O)c1. The fourth-order valence-corrected chi connectivity index (χ4v) is 6.92. The first-order chi connectivity index (χ1) is 15.7. The number of benzene rings is 1. The molecule has 1 N–H and O–H groups in total. The monoisotopic (exact) mass is 523 g/mol. The molecule has 34 heavy (non-hydrogen) atoms. The molecule has 0 saturated carbocycles. The predicted molar refractivity (Wildman–Crippen MR) is 114 cm³/mol. The molecule has 0 fully saturated rings. The summed E-state index contributed by atoms with van der Waals surface area (Å²) in [7, 11) is -7.50. The van der Waals surface area contributed by atoms with E-state index in [9.17, 15) is 34.8 Å². The van der Waals surface area contributed by atoms with Crippen LogP contribution in [0.5, 0.6) is 0 Å². The number of hydrogen-bond acceptors (Lipinski definition) is 6. The van der Waals surface area contributed by atoms with Gasteiger partial charge in [-0.05, 0) is 43.9 Å². The van der Waals surface area contributed by atoms with E-state index in [-0.39, 0.29) is 6.42 Å². The van der Waals surface area contributed by atoms with Crippen molar-refractivity contribution in [2.24, 2.45) is 0 Å². The van der Waals surface area contributed by atoms with Gasteiger partial charge in [0, 0.05) is 18.3 Å². The van der Waals surface area contributed by atoms with Gasteiger partial charge in [-0.3, -0.25) is 9.48 Å². The van der Waals surface area contributed by atoms with Crippen molar-refractivity contribution >= 4 is 25.8 Å². The van der Waals surface area contributed by atoms with E-state index in [2.05, 4.69) is 5.10 Å². The average Bonchev–Trinajstić information content (AvgIpc) is 3.14. The van der Waals surface area contributed by atoms with Gasteiger partial charge in [0.15, 0.2) is 9.84 Å². The maximum atomic E-state index is 13.5. The number of alkyl halides is 3. The molecular formula is C20H24F3N3O6S2. The number of aromatic nitrogens is 2. The molecule has 1 heterocycles. The summed E-state index contributed by atoms with van der Waals surface area (Å²) >= 11 is 0. The number of halogens is 3. The van der Waals surface area contributed by atoms with Crippen LogP contribution in [0.25, 0.3) is 0 Å². The predicted octanol–water partition coefficient (Wildman–Crippen LogP) is 2.87. The molecule has 0 saturated heterocycles. The summed E-state index contributed by atoms with van der Waals surface area (Å²) in [5, 5.41) is 13.1. The number of carboxylic acid groups (broad SMARTS) is 1. The zero-order valence-electron chi connectivity index (χ0n) is 18.4. The third-order valence-corrected chi connectivity index (χ3v) is 9.42. The quantitative estimate of drug-likeness (QED) is 0.564. The van der Waals surface area contributed by atoms with Crippen LogP contribution in [-0.2, 0) is 43.8 Å². The van der Waals surface area contributed by atoms with Crippen LogP contribution in [0.15, 0.2) is 34.2 Å². The molecule has 1 aliphatic carbocycles. The van der Waals surface area contributed by atoms with Gasteiger partial charge in [0.25, 0.3) is 0 Å². The number of nitrogens with zero attached hydrogens (tertiary/aromatic N) is 3. The molecule has 2 aromatic rings. The lowest BCUT2D eigenvalue weighted by molar-refractivity contribution is -0.138. The van der Waals surface area contributed by atoms with Gasteiger partial charge >= 0.3 is 12.1 Å². The van der Waals surface area contributed by atoms with Crippen molar-refractivity contribution in [2.75, 3.05) is 12.8 Å². The summed E-state index contributed by atoms with van der Waals surface area (Å²) in [6.45, 7) is 1.13. The molecule has 0 bridgehead atoms. The number of hydrogen-bond donors (Lipinski definition) is 1. The fraction of sp³-hybridized carbons (Fsp3) is 0.500. The van der Waals surface area contributed by atoms with Crippen molar-refractivity contribution in [1.29, 1.82) is 0 Å². The smallest absolute Gasteiger partial charge is 0.416 e. The lowest BCUT2D eigenvalue weighted by Gasteiger charge is -2.31. The summed E-state index contributed by atoms with van der Waals surface area (Å²) < 4.78 is 94.4. The number of rotatable bonds is 8. The van der Waals surface area contributed by atoms with Gasteiger partial charge in [0.2, 0.25) is 10.0 Å². The van der Waals surface area contributed by atoms with Gasteiger partial charge < -0.3 is 5.11 Å². The molecule has 188 valence electrons. The van der Waals surface area contributed by atoms with E-state index in [0.717, 1.165) is 10.4 Å². The summed E-state index contributed by atoms with van der Waals surface area (Å²) in [4.78, 5) is 9.58. The fourth-order valence-electron chi connectivity index (χ4n) is 4.02. The van der Waals surface area contributed by atoms with Crippen molar-refractivity contribution < 1.29 is 39.9 Å². The second-order valence-corrected chi connectivity index (χ2v) is 12.1. The van der Waals surface area contributed by atoms with Gasteiger partial charge in [0.1, 0.15) is 6.54 Å². The Morgan fingerprint density at radius 3 is 2.44 bits per heavy atom. The standard InChI is InChI=1S/C20H24F3N3O6S2/c1-3-7-33(29,30)14-8-13(20(21,22)23)9-15(10-14)34(31,32)25(2)17-5-4-6-18-16(17)11-24-26(18)12-19(27)28/h8-11,17H,3-7,12H2,1-2H3,(H,27,28)/t17-/m1/s1. The minimum atomic E-state index is -4.96. The summed E-state index contributed by atoms with van der Waals surface area (Å²) in [5.41, 5.74) is -0.379. The Hall–Kier alpha value is -2.45. The van der Waals surface area contributed by atoms with Crippen LogP contribution >= 0.6 is 0 Å². The highest BCUT2D eigenvalue weighted by atomic mass is 32.2. The average molecular weight is 524 g/mol. The molecule has 1 atom stereocenters. The normalized spacial score (nSPS) is 17.1. The van der Waals surface area contributed by atoms with E-state index in [1.165, 1.54) is 17.9 Å². The van der Waals surface area contributed by atoms with E-state index in [0.29, 0.717) is 42.7 Å². The molecule has 3 rings (SSSR count). The van der Waals surface area contributed by atoms with Crippen LogP contribution in [0.1, 0.15) is 49.0 Å². The molecule has 0 amide bonds. The highest BCUT2D eigenvalue weighted by Crippen LogP contribution is 2.38. The molecule has 9 nitrogen and oxygen atoms in total. The second-order valence-electron chi connectivity index (χ2n) is 8.04. The van der Waals surface area contributed by atoms with Crippen LogP contribution < -0.4 is 0 Å². The minimum Gasteiger partial charge on any atom is -0.480 e. The summed E-state index contributed by atoms with van der Waals surface area (Å²) in [6.07, 6.45) is -2.15. The lowest BCUT2D eigenvalue weighted by atomic mass is 9.93. The van der Waals surface area contributed by atoms with Crippen LogP contribution in [0.2, 0.25) is 0 Å². The van der Waals surface area contributed by atoms with Crippen LogP contribution in [-0.4, -0.2) is 54.8 Å². The Morgan fingerprint density at radius 1 is 1.21 bits per heavy atom. The first-order valence-corrected chi connectivity index (χ1v) is 13.5. The molecule has 0 spiro atoms.